The number of rotatable bonds is 52. The highest BCUT2D eigenvalue weighted by Gasteiger charge is 2.19. The molecule has 0 radical (unpaired) electrons. The minimum atomic E-state index is -0.843. The van der Waals surface area contributed by atoms with Gasteiger partial charge in [0.15, 0.2) is 6.10 Å². The molecule has 1 unspecified atom stereocenters. The second kappa shape index (κ2) is 57.9. The second-order valence-corrected chi connectivity index (χ2v) is 19.1. The summed E-state index contributed by atoms with van der Waals surface area (Å²) in [6, 6.07) is 0. The Morgan fingerprint density at radius 2 is 0.557 bits per heavy atom. The Hall–Kier alpha value is -3.67. The number of carbonyl (C=O) groups excluding carboxylic acids is 3. The molecule has 0 aliphatic heterocycles. The first-order valence-electron chi connectivity index (χ1n) is 29.2. The van der Waals surface area contributed by atoms with Crippen LogP contribution in [0.4, 0.5) is 0 Å². The van der Waals surface area contributed by atoms with Gasteiger partial charge >= 0.3 is 17.9 Å². The fourth-order valence-electron chi connectivity index (χ4n) is 8.06. The molecular formula is C64H108O6. The lowest BCUT2D eigenvalue weighted by Gasteiger charge is -2.18. The average Bonchev–Trinajstić information content (AvgIpc) is 3.36. The average molecular weight is 974 g/mol. The molecular weight excluding hydrogens is 865 g/mol. The van der Waals surface area contributed by atoms with E-state index in [1.807, 2.05) is 24.3 Å². The van der Waals surface area contributed by atoms with Crippen LogP contribution in [0.2, 0.25) is 0 Å². The van der Waals surface area contributed by atoms with Crippen LogP contribution in [0.15, 0.2) is 97.2 Å². The molecule has 0 aliphatic rings. The van der Waals surface area contributed by atoms with Gasteiger partial charge in [-0.2, -0.15) is 0 Å². The zero-order valence-electron chi connectivity index (χ0n) is 45.8. The van der Waals surface area contributed by atoms with Crippen LogP contribution in [0.25, 0.3) is 0 Å². The summed E-state index contributed by atoms with van der Waals surface area (Å²) in [5.41, 5.74) is 0. The van der Waals surface area contributed by atoms with Crippen molar-refractivity contribution in [1.82, 2.24) is 0 Å². The van der Waals surface area contributed by atoms with Crippen LogP contribution < -0.4 is 0 Å². The Kier molecular flexibility index (Phi) is 54.9. The normalized spacial score (nSPS) is 12.8. The Balaban J connectivity index is 4.30. The van der Waals surface area contributed by atoms with Gasteiger partial charge in [-0.3, -0.25) is 14.4 Å². The van der Waals surface area contributed by atoms with E-state index in [9.17, 15) is 14.4 Å². The molecule has 0 bridgehead atoms. The maximum absolute atomic E-state index is 12.8. The van der Waals surface area contributed by atoms with Gasteiger partial charge in [0, 0.05) is 19.3 Å². The third-order valence-corrected chi connectivity index (χ3v) is 12.4. The van der Waals surface area contributed by atoms with Crippen LogP contribution >= 0.6 is 0 Å². The van der Waals surface area contributed by atoms with E-state index < -0.39 is 12.1 Å². The van der Waals surface area contributed by atoms with Crippen molar-refractivity contribution in [3.8, 4) is 0 Å². The number of carbonyl (C=O) groups is 3. The highest BCUT2D eigenvalue weighted by Crippen LogP contribution is 2.17. The van der Waals surface area contributed by atoms with E-state index >= 15 is 0 Å². The topological polar surface area (TPSA) is 78.9 Å². The number of unbranched alkanes of at least 4 members (excludes halogenated alkanes) is 25. The molecule has 6 nitrogen and oxygen atoms in total. The second-order valence-electron chi connectivity index (χ2n) is 19.1. The summed E-state index contributed by atoms with van der Waals surface area (Å²) in [5, 5.41) is 0. The summed E-state index contributed by atoms with van der Waals surface area (Å²) in [6.07, 6.45) is 77.5. The van der Waals surface area contributed by atoms with Crippen LogP contribution in [0.1, 0.15) is 271 Å². The molecule has 0 rings (SSSR count). The van der Waals surface area contributed by atoms with E-state index in [0.29, 0.717) is 19.3 Å². The van der Waals surface area contributed by atoms with Crippen LogP contribution in [0.3, 0.4) is 0 Å². The van der Waals surface area contributed by atoms with Crippen molar-refractivity contribution in [2.75, 3.05) is 13.2 Å². The van der Waals surface area contributed by atoms with Gasteiger partial charge in [-0.1, -0.05) is 279 Å². The molecule has 0 heterocycles. The summed E-state index contributed by atoms with van der Waals surface area (Å²) in [6.45, 7) is 6.30. The molecule has 0 spiro atoms. The lowest BCUT2D eigenvalue weighted by molar-refractivity contribution is -0.166. The number of hydrogen-bond donors (Lipinski definition) is 0. The Morgan fingerprint density at radius 1 is 0.300 bits per heavy atom. The maximum atomic E-state index is 12.8. The third kappa shape index (κ3) is 55.3. The van der Waals surface area contributed by atoms with Crippen LogP contribution in [0.5, 0.6) is 0 Å². The van der Waals surface area contributed by atoms with Gasteiger partial charge in [-0.15, -0.1) is 0 Å². The van der Waals surface area contributed by atoms with E-state index in [-0.39, 0.29) is 38.0 Å². The SMILES string of the molecule is CC/C=C\C/C=C\C/C=C\C/C=C\CCC(=O)OCC(COC(=O)CCCCCCCCCCCCCCCCCCCCCCCCCCCC)OC(=O)CC/C=C\C/C=C\C/C=C\C/C=C\CC. The van der Waals surface area contributed by atoms with Crippen molar-refractivity contribution in [1.29, 1.82) is 0 Å². The quantitative estimate of drug-likeness (QED) is 0.0262. The molecule has 0 saturated heterocycles. The smallest absolute Gasteiger partial charge is 0.306 e. The Labute approximate surface area is 432 Å². The zero-order chi connectivity index (χ0) is 50.7. The predicted molar refractivity (Wildman–Crippen MR) is 302 cm³/mol. The summed E-state index contributed by atoms with van der Waals surface area (Å²) in [7, 11) is 0. The number of allylic oxidation sites excluding steroid dienone is 16. The van der Waals surface area contributed by atoms with E-state index in [4.69, 9.17) is 14.2 Å². The Morgan fingerprint density at radius 3 is 0.871 bits per heavy atom. The van der Waals surface area contributed by atoms with Gasteiger partial charge in [0.25, 0.3) is 0 Å². The van der Waals surface area contributed by atoms with Gasteiger partial charge in [-0.25, -0.2) is 0 Å². The molecule has 0 aliphatic carbocycles. The molecule has 1 atom stereocenters. The maximum Gasteiger partial charge on any atom is 0.306 e. The van der Waals surface area contributed by atoms with Crippen molar-refractivity contribution >= 4 is 17.9 Å². The van der Waals surface area contributed by atoms with Gasteiger partial charge < -0.3 is 14.2 Å². The largest absolute Gasteiger partial charge is 0.462 e. The van der Waals surface area contributed by atoms with Crippen molar-refractivity contribution in [2.45, 2.75) is 277 Å². The lowest BCUT2D eigenvalue weighted by atomic mass is 10.0. The molecule has 400 valence electrons. The summed E-state index contributed by atoms with van der Waals surface area (Å²) >= 11 is 0. The van der Waals surface area contributed by atoms with Crippen LogP contribution in [0, 0.1) is 0 Å². The molecule has 0 aromatic rings. The molecule has 0 amide bonds. The van der Waals surface area contributed by atoms with Crippen LogP contribution in [-0.2, 0) is 28.6 Å². The highest BCUT2D eigenvalue weighted by atomic mass is 16.6. The van der Waals surface area contributed by atoms with E-state index in [1.165, 1.54) is 148 Å². The minimum Gasteiger partial charge on any atom is -0.462 e. The first kappa shape index (κ1) is 66.3. The molecule has 70 heavy (non-hydrogen) atoms. The van der Waals surface area contributed by atoms with Gasteiger partial charge in [-0.05, 0) is 70.6 Å². The first-order chi connectivity index (χ1) is 34.5. The Bertz CT molecular complexity index is 1400. The summed E-state index contributed by atoms with van der Waals surface area (Å²) < 4.78 is 16.7. The zero-order valence-corrected chi connectivity index (χ0v) is 45.8. The third-order valence-electron chi connectivity index (χ3n) is 12.4. The predicted octanol–water partition coefficient (Wildman–Crippen LogP) is 19.7. The minimum absolute atomic E-state index is 0.127. The van der Waals surface area contributed by atoms with Crippen molar-refractivity contribution < 1.29 is 28.6 Å². The summed E-state index contributed by atoms with van der Waals surface area (Å²) in [4.78, 5) is 38.0. The monoisotopic (exact) mass is 973 g/mol. The van der Waals surface area contributed by atoms with Crippen molar-refractivity contribution in [3.05, 3.63) is 97.2 Å². The molecule has 0 N–H and O–H groups in total. The van der Waals surface area contributed by atoms with Crippen molar-refractivity contribution in [3.63, 3.8) is 0 Å². The molecule has 0 aromatic carbocycles. The van der Waals surface area contributed by atoms with Gasteiger partial charge in [0.2, 0.25) is 0 Å². The standard InChI is InChI=1S/C64H108O6/c1-4-7-10-13-16-19-22-25-26-27-28-29-30-31-32-33-34-35-36-37-40-42-45-48-51-54-57-63(66)69-60-61(70-64(67)58-55-52-49-46-43-39-24-21-18-15-12-9-6-3)59-68-62(65)56-53-50-47-44-41-38-23-20-17-14-11-8-5-2/h8-9,11-12,17-18,20-21,38-39,41,43,47,49-50,52,61H,4-7,10,13-16,19,22-37,40,42,44-46,48,51,53-60H2,1-3H3/b11-8-,12-9-,20-17-,21-18-,41-38-,43-39-,50-47-,52-49-. The number of hydrogen-bond acceptors (Lipinski definition) is 6. The lowest BCUT2D eigenvalue weighted by Crippen LogP contribution is -2.30. The molecule has 0 fully saturated rings. The molecule has 0 saturated carbocycles. The van der Waals surface area contributed by atoms with Crippen molar-refractivity contribution in [2.24, 2.45) is 0 Å². The van der Waals surface area contributed by atoms with Crippen LogP contribution in [-0.4, -0.2) is 37.2 Å². The van der Waals surface area contributed by atoms with Gasteiger partial charge in [0.05, 0.1) is 0 Å². The van der Waals surface area contributed by atoms with E-state index in [2.05, 4.69) is 93.7 Å². The molecule has 0 aromatic heterocycles. The fraction of sp³-hybridized carbons (Fsp3) is 0.703. The summed E-state index contributed by atoms with van der Waals surface area (Å²) in [5.74, 6) is -1.09. The van der Waals surface area contributed by atoms with E-state index in [0.717, 1.165) is 70.6 Å². The number of ether oxygens (including phenoxy) is 3. The molecule has 6 heteroatoms. The highest BCUT2D eigenvalue weighted by molar-refractivity contribution is 5.71. The van der Waals surface area contributed by atoms with E-state index in [1.54, 1.807) is 0 Å². The number of esters is 3. The van der Waals surface area contributed by atoms with Gasteiger partial charge in [0.1, 0.15) is 13.2 Å². The fourth-order valence-corrected chi connectivity index (χ4v) is 8.06. The first-order valence-corrected chi connectivity index (χ1v) is 29.2.